The highest BCUT2D eigenvalue weighted by Crippen LogP contribution is 2.43. The largest absolute Gasteiger partial charge is 0.489 e. The molecule has 2 aromatic heterocycles. The molecule has 6 nitrogen and oxygen atoms in total. The summed E-state index contributed by atoms with van der Waals surface area (Å²) in [6.07, 6.45) is 4.45. The van der Waals surface area contributed by atoms with Crippen LogP contribution in [0.15, 0.2) is 30.5 Å². The molecule has 1 aromatic carbocycles. The molecule has 4 heterocycles. The van der Waals surface area contributed by atoms with Crippen molar-refractivity contribution in [1.82, 2.24) is 15.2 Å². The van der Waals surface area contributed by atoms with Gasteiger partial charge in [0.15, 0.2) is 0 Å². The SMILES string of the molecule is Cc1cc(Cl)cc(-c2ccnc3cc(C(C)N4C(=O)CCC4=O)sc23)c1OC1CCNCC1. The number of carbonyl (C=O) groups is 2. The summed E-state index contributed by atoms with van der Waals surface area (Å²) in [5, 5.41) is 4.03. The predicted octanol–water partition coefficient (Wildman–Crippen LogP) is 5.27. The van der Waals surface area contributed by atoms with Crippen molar-refractivity contribution in [3.63, 3.8) is 0 Å². The lowest BCUT2D eigenvalue weighted by molar-refractivity contribution is -0.140. The zero-order valence-electron chi connectivity index (χ0n) is 18.7. The number of pyridine rings is 1. The number of thiophene rings is 1. The molecule has 2 aliphatic rings. The molecule has 1 atom stereocenters. The first kappa shape index (κ1) is 22.3. The molecule has 2 amide bonds. The Morgan fingerprint density at radius 1 is 1.15 bits per heavy atom. The van der Waals surface area contributed by atoms with Gasteiger partial charge in [-0.1, -0.05) is 11.6 Å². The Hall–Kier alpha value is -2.48. The van der Waals surface area contributed by atoms with E-state index in [9.17, 15) is 9.59 Å². The van der Waals surface area contributed by atoms with Crippen LogP contribution in [0.2, 0.25) is 5.02 Å². The number of halogens is 1. The van der Waals surface area contributed by atoms with Gasteiger partial charge in [0, 0.05) is 40.1 Å². The molecule has 172 valence electrons. The summed E-state index contributed by atoms with van der Waals surface area (Å²) in [4.78, 5) is 31.4. The Bertz CT molecular complexity index is 1220. The number of ether oxygens (including phenoxy) is 1. The number of benzene rings is 1. The highest BCUT2D eigenvalue weighted by atomic mass is 35.5. The summed E-state index contributed by atoms with van der Waals surface area (Å²) in [6, 6.07) is 7.55. The van der Waals surface area contributed by atoms with Crippen molar-refractivity contribution in [2.45, 2.75) is 51.7 Å². The van der Waals surface area contributed by atoms with Gasteiger partial charge in [0.05, 0.1) is 16.3 Å². The molecule has 1 unspecified atom stereocenters. The van der Waals surface area contributed by atoms with Gasteiger partial charge in [-0.2, -0.15) is 0 Å². The lowest BCUT2D eigenvalue weighted by Gasteiger charge is -2.26. The average molecular weight is 484 g/mol. The molecule has 2 saturated heterocycles. The Morgan fingerprint density at radius 2 is 1.88 bits per heavy atom. The third kappa shape index (κ3) is 4.25. The molecule has 0 aliphatic carbocycles. The summed E-state index contributed by atoms with van der Waals surface area (Å²) in [5.74, 6) is 0.634. The van der Waals surface area contributed by atoms with Crippen molar-refractivity contribution >= 4 is 45.0 Å². The number of hydrogen-bond donors (Lipinski definition) is 1. The van der Waals surface area contributed by atoms with E-state index in [1.54, 1.807) is 17.5 Å². The van der Waals surface area contributed by atoms with E-state index in [2.05, 4.69) is 10.3 Å². The second-order valence-electron chi connectivity index (χ2n) is 8.72. The fourth-order valence-corrected chi connectivity index (χ4v) is 6.15. The molecular weight excluding hydrogens is 458 g/mol. The van der Waals surface area contributed by atoms with Gasteiger partial charge in [-0.05, 0) is 69.6 Å². The second-order valence-corrected chi connectivity index (χ2v) is 10.2. The molecule has 5 rings (SSSR count). The van der Waals surface area contributed by atoms with Gasteiger partial charge in [0.1, 0.15) is 11.9 Å². The third-order valence-corrected chi connectivity index (χ3v) is 7.97. The maximum Gasteiger partial charge on any atom is 0.230 e. The summed E-state index contributed by atoms with van der Waals surface area (Å²) in [6.45, 7) is 5.83. The molecule has 3 aromatic rings. The van der Waals surface area contributed by atoms with Gasteiger partial charge in [0.2, 0.25) is 11.8 Å². The topological polar surface area (TPSA) is 71.5 Å². The van der Waals surface area contributed by atoms with E-state index in [0.29, 0.717) is 5.02 Å². The number of hydrogen-bond acceptors (Lipinski definition) is 6. The number of aryl methyl sites for hydroxylation is 1. The average Bonchev–Trinajstić information content (AvgIpc) is 3.38. The summed E-state index contributed by atoms with van der Waals surface area (Å²) in [7, 11) is 0. The number of nitrogens with one attached hydrogen (secondary N) is 1. The minimum Gasteiger partial charge on any atom is -0.489 e. The van der Waals surface area contributed by atoms with E-state index in [1.807, 2.05) is 38.1 Å². The monoisotopic (exact) mass is 483 g/mol. The number of amides is 2. The van der Waals surface area contributed by atoms with Crippen molar-refractivity contribution in [1.29, 1.82) is 0 Å². The van der Waals surface area contributed by atoms with Crippen LogP contribution in [0.1, 0.15) is 49.1 Å². The molecule has 0 saturated carbocycles. The van der Waals surface area contributed by atoms with E-state index in [4.69, 9.17) is 16.3 Å². The quantitative estimate of drug-likeness (QED) is 0.501. The Labute approximate surface area is 201 Å². The van der Waals surface area contributed by atoms with Gasteiger partial charge >= 0.3 is 0 Å². The van der Waals surface area contributed by atoms with Crippen LogP contribution in [-0.4, -0.2) is 40.9 Å². The number of likely N-dealkylation sites (tertiary alicyclic amines) is 1. The Morgan fingerprint density at radius 3 is 2.61 bits per heavy atom. The molecule has 0 radical (unpaired) electrons. The fraction of sp³-hybridized carbons (Fsp3) is 0.400. The molecule has 0 spiro atoms. The number of carbonyl (C=O) groups excluding carboxylic acids is 2. The predicted molar refractivity (Wildman–Crippen MR) is 131 cm³/mol. The van der Waals surface area contributed by atoms with Crippen LogP contribution >= 0.6 is 22.9 Å². The summed E-state index contributed by atoms with van der Waals surface area (Å²) >= 11 is 8.05. The molecular formula is C25H26ClN3O3S. The number of nitrogens with zero attached hydrogens (tertiary/aromatic N) is 2. The van der Waals surface area contributed by atoms with Crippen LogP contribution in [0.5, 0.6) is 5.75 Å². The first-order chi connectivity index (χ1) is 15.9. The molecule has 2 fully saturated rings. The van der Waals surface area contributed by atoms with Crippen molar-refractivity contribution in [2.75, 3.05) is 13.1 Å². The lowest BCUT2D eigenvalue weighted by atomic mass is 10.0. The van der Waals surface area contributed by atoms with Crippen LogP contribution in [0, 0.1) is 6.92 Å². The lowest BCUT2D eigenvalue weighted by Crippen LogP contribution is -2.34. The van der Waals surface area contributed by atoms with Crippen molar-refractivity contribution in [3.8, 4) is 16.9 Å². The van der Waals surface area contributed by atoms with E-state index in [0.717, 1.165) is 63.5 Å². The summed E-state index contributed by atoms with van der Waals surface area (Å²) in [5.41, 5.74) is 3.78. The highest BCUT2D eigenvalue weighted by molar-refractivity contribution is 7.19. The van der Waals surface area contributed by atoms with Gasteiger partial charge in [0.25, 0.3) is 0 Å². The van der Waals surface area contributed by atoms with Crippen LogP contribution in [0.4, 0.5) is 0 Å². The third-order valence-electron chi connectivity index (χ3n) is 6.42. The van der Waals surface area contributed by atoms with Crippen molar-refractivity contribution < 1.29 is 14.3 Å². The maximum atomic E-state index is 12.3. The number of piperidine rings is 1. The molecule has 33 heavy (non-hydrogen) atoms. The normalized spacial score (nSPS) is 18.3. The molecule has 0 bridgehead atoms. The minimum absolute atomic E-state index is 0.110. The molecule has 2 aliphatic heterocycles. The number of fused-ring (bicyclic) bond motifs is 1. The number of aromatic nitrogens is 1. The van der Waals surface area contributed by atoms with E-state index in [-0.39, 0.29) is 36.8 Å². The highest BCUT2D eigenvalue weighted by Gasteiger charge is 2.34. The van der Waals surface area contributed by atoms with Gasteiger partial charge in [-0.15, -0.1) is 11.3 Å². The van der Waals surface area contributed by atoms with Crippen LogP contribution in [0.3, 0.4) is 0 Å². The zero-order chi connectivity index (χ0) is 23.1. The molecule has 1 N–H and O–H groups in total. The van der Waals surface area contributed by atoms with E-state index < -0.39 is 0 Å². The van der Waals surface area contributed by atoms with Crippen molar-refractivity contribution in [3.05, 3.63) is 45.9 Å². The molecule has 8 heteroatoms. The zero-order valence-corrected chi connectivity index (χ0v) is 20.3. The maximum absolute atomic E-state index is 12.3. The number of imide groups is 1. The minimum atomic E-state index is -0.314. The van der Waals surface area contributed by atoms with Gasteiger partial charge in [-0.25, -0.2) is 0 Å². The van der Waals surface area contributed by atoms with Gasteiger partial charge in [-0.3, -0.25) is 19.5 Å². The second kappa shape index (κ2) is 9.05. The smallest absolute Gasteiger partial charge is 0.230 e. The van der Waals surface area contributed by atoms with E-state index >= 15 is 0 Å². The van der Waals surface area contributed by atoms with Crippen molar-refractivity contribution in [2.24, 2.45) is 0 Å². The van der Waals surface area contributed by atoms with Crippen LogP contribution in [-0.2, 0) is 9.59 Å². The standard InChI is InChI=1S/C25H26ClN3O3S/c1-14-11-16(26)12-19(24(14)32-17-5-8-27-9-6-17)18-7-10-28-20-13-21(33-25(18)20)15(2)29-22(30)3-4-23(29)31/h7,10-13,15,17,27H,3-6,8-9H2,1-2H3. The first-order valence-electron chi connectivity index (χ1n) is 11.3. The van der Waals surface area contributed by atoms with Crippen LogP contribution < -0.4 is 10.1 Å². The number of rotatable bonds is 5. The van der Waals surface area contributed by atoms with E-state index in [1.165, 1.54) is 4.90 Å². The Kier molecular flexibility index (Phi) is 6.12. The van der Waals surface area contributed by atoms with Gasteiger partial charge < -0.3 is 10.1 Å². The Balaban J connectivity index is 1.58. The summed E-state index contributed by atoms with van der Waals surface area (Å²) < 4.78 is 7.52. The first-order valence-corrected chi connectivity index (χ1v) is 12.5. The fourth-order valence-electron chi connectivity index (χ4n) is 4.69. The van der Waals surface area contributed by atoms with Crippen LogP contribution in [0.25, 0.3) is 21.3 Å².